The normalized spacial score (nSPS) is 11.8. The predicted octanol–water partition coefficient (Wildman–Crippen LogP) is 3.33. The van der Waals surface area contributed by atoms with Crippen LogP contribution in [0.25, 0.3) is 0 Å². The Kier molecular flexibility index (Phi) is 5.33. The molecule has 0 saturated carbocycles. The van der Waals surface area contributed by atoms with Gasteiger partial charge in [-0.3, -0.25) is 14.9 Å². The molecule has 7 heteroatoms. The van der Waals surface area contributed by atoms with E-state index in [9.17, 15) is 14.9 Å². The predicted molar refractivity (Wildman–Crippen MR) is 89.3 cm³/mol. The lowest BCUT2D eigenvalue weighted by Gasteiger charge is -2.13. The molecule has 1 heterocycles. The van der Waals surface area contributed by atoms with Crippen molar-refractivity contribution < 1.29 is 14.5 Å². The maximum atomic E-state index is 12.4. The summed E-state index contributed by atoms with van der Waals surface area (Å²) in [5.74, 6) is -0.0707. The van der Waals surface area contributed by atoms with Crippen LogP contribution in [0.4, 0.5) is 5.69 Å². The van der Waals surface area contributed by atoms with Crippen LogP contribution in [0.1, 0.15) is 27.0 Å². The Morgan fingerprint density at radius 2 is 2.13 bits per heavy atom. The molecule has 0 aliphatic carbocycles. The third-order valence-electron chi connectivity index (χ3n) is 3.33. The fraction of sp³-hybridized carbons (Fsp3) is 0.312. The number of hydrogen-bond donors (Lipinski definition) is 1. The van der Waals surface area contributed by atoms with Crippen LogP contribution in [0.5, 0.6) is 5.75 Å². The number of nitro groups is 1. The van der Waals surface area contributed by atoms with Crippen LogP contribution in [-0.4, -0.2) is 24.0 Å². The molecular weight excluding hydrogens is 316 g/mol. The summed E-state index contributed by atoms with van der Waals surface area (Å²) in [6.45, 7) is 3.90. The molecule has 0 fully saturated rings. The third-order valence-corrected chi connectivity index (χ3v) is 4.35. The summed E-state index contributed by atoms with van der Waals surface area (Å²) in [5.41, 5.74) is -0.231. The van der Waals surface area contributed by atoms with E-state index in [-0.39, 0.29) is 17.3 Å². The number of rotatable bonds is 6. The van der Waals surface area contributed by atoms with Gasteiger partial charge < -0.3 is 10.1 Å². The molecule has 0 aliphatic heterocycles. The summed E-state index contributed by atoms with van der Waals surface area (Å²) in [6.07, 6.45) is 0.683. The van der Waals surface area contributed by atoms with Crippen LogP contribution in [0.2, 0.25) is 0 Å². The van der Waals surface area contributed by atoms with Crippen LogP contribution in [0.3, 0.4) is 0 Å². The molecule has 0 bridgehead atoms. The molecule has 2 aromatic rings. The minimum Gasteiger partial charge on any atom is -0.497 e. The van der Waals surface area contributed by atoms with Crippen LogP contribution < -0.4 is 10.1 Å². The lowest BCUT2D eigenvalue weighted by atomic mass is 10.1. The van der Waals surface area contributed by atoms with Crippen LogP contribution >= 0.6 is 11.3 Å². The standard InChI is InChI=1S/C16H18N2O4S/c1-10(8-13-6-4-11(2)23-13)17-16(19)14-9-12(22-3)5-7-15(14)18(20)21/h4-7,9-10H,8H2,1-3H3,(H,17,19)/t10-/m0/s1. The first-order chi connectivity index (χ1) is 10.9. The topological polar surface area (TPSA) is 81.5 Å². The number of amides is 1. The number of thiophene rings is 1. The number of hydrogen-bond acceptors (Lipinski definition) is 5. The summed E-state index contributed by atoms with van der Waals surface area (Å²) in [6, 6.07) is 8.05. The molecule has 6 nitrogen and oxygen atoms in total. The Morgan fingerprint density at radius 3 is 2.70 bits per heavy atom. The second-order valence-electron chi connectivity index (χ2n) is 5.23. The van der Waals surface area contributed by atoms with Crippen LogP contribution in [0, 0.1) is 17.0 Å². The largest absolute Gasteiger partial charge is 0.497 e. The van der Waals surface area contributed by atoms with Crippen LogP contribution in [-0.2, 0) is 6.42 Å². The molecule has 1 aromatic heterocycles. The molecule has 1 N–H and O–H groups in total. The van der Waals surface area contributed by atoms with Crippen molar-refractivity contribution in [2.24, 2.45) is 0 Å². The fourth-order valence-corrected chi connectivity index (χ4v) is 3.25. The van der Waals surface area contributed by atoms with Gasteiger partial charge in [0.05, 0.1) is 12.0 Å². The van der Waals surface area contributed by atoms with Gasteiger partial charge in [-0.1, -0.05) is 0 Å². The average Bonchev–Trinajstić information content (AvgIpc) is 2.91. The van der Waals surface area contributed by atoms with Gasteiger partial charge in [-0.25, -0.2) is 0 Å². The molecule has 0 radical (unpaired) electrons. The first kappa shape index (κ1) is 17.0. The van der Waals surface area contributed by atoms with Gasteiger partial charge in [-0.15, -0.1) is 11.3 Å². The van der Waals surface area contributed by atoms with Crippen LogP contribution in [0.15, 0.2) is 30.3 Å². The van der Waals surface area contributed by atoms with Crippen molar-refractivity contribution >= 4 is 22.9 Å². The van der Waals surface area contributed by atoms with E-state index in [4.69, 9.17) is 4.74 Å². The van der Waals surface area contributed by atoms with Gasteiger partial charge in [0.1, 0.15) is 11.3 Å². The highest BCUT2D eigenvalue weighted by molar-refractivity contribution is 7.11. The Morgan fingerprint density at radius 1 is 1.39 bits per heavy atom. The molecular formula is C16H18N2O4S. The molecule has 0 saturated heterocycles. The molecule has 122 valence electrons. The Bertz CT molecular complexity index is 727. The minimum absolute atomic E-state index is 0.00330. The molecule has 1 amide bonds. The average molecular weight is 334 g/mol. The van der Waals surface area contributed by atoms with Crippen molar-refractivity contribution in [3.05, 3.63) is 55.8 Å². The number of nitrogens with zero attached hydrogens (tertiary/aromatic N) is 1. The van der Waals surface area contributed by atoms with Crippen molar-refractivity contribution in [3.63, 3.8) is 0 Å². The molecule has 0 aliphatic rings. The lowest BCUT2D eigenvalue weighted by molar-refractivity contribution is -0.385. The van der Waals surface area contributed by atoms with Crippen molar-refractivity contribution in [2.45, 2.75) is 26.3 Å². The van der Waals surface area contributed by atoms with Gasteiger partial charge in [0.15, 0.2) is 0 Å². The van der Waals surface area contributed by atoms with E-state index in [1.807, 2.05) is 26.0 Å². The Hall–Kier alpha value is -2.41. The zero-order valence-corrected chi connectivity index (χ0v) is 14.0. The lowest BCUT2D eigenvalue weighted by Crippen LogP contribution is -2.34. The van der Waals surface area contributed by atoms with E-state index in [1.54, 1.807) is 11.3 Å². The van der Waals surface area contributed by atoms with Gasteiger partial charge in [-0.05, 0) is 38.1 Å². The van der Waals surface area contributed by atoms with E-state index in [0.717, 1.165) is 4.88 Å². The highest BCUT2D eigenvalue weighted by Crippen LogP contribution is 2.24. The first-order valence-electron chi connectivity index (χ1n) is 7.09. The first-order valence-corrected chi connectivity index (χ1v) is 7.91. The maximum Gasteiger partial charge on any atom is 0.282 e. The second-order valence-corrected chi connectivity index (χ2v) is 6.60. The summed E-state index contributed by atoms with van der Waals surface area (Å²) in [7, 11) is 1.45. The fourth-order valence-electron chi connectivity index (χ4n) is 2.23. The number of aryl methyl sites for hydroxylation is 1. The van der Waals surface area contributed by atoms with Gasteiger partial charge in [-0.2, -0.15) is 0 Å². The Labute approximate surface area is 138 Å². The van der Waals surface area contributed by atoms with E-state index in [0.29, 0.717) is 12.2 Å². The summed E-state index contributed by atoms with van der Waals surface area (Å²) >= 11 is 1.67. The van der Waals surface area contributed by atoms with Gasteiger partial charge >= 0.3 is 0 Å². The Balaban J connectivity index is 2.14. The summed E-state index contributed by atoms with van der Waals surface area (Å²) in [5, 5.41) is 13.9. The number of benzene rings is 1. The zero-order chi connectivity index (χ0) is 17.0. The number of carbonyl (C=O) groups is 1. The van der Waals surface area contributed by atoms with Crippen molar-refractivity contribution in [2.75, 3.05) is 7.11 Å². The van der Waals surface area contributed by atoms with Crippen molar-refractivity contribution in [3.8, 4) is 5.75 Å². The summed E-state index contributed by atoms with van der Waals surface area (Å²) in [4.78, 5) is 25.3. The highest BCUT2D eigenvalue weighted by Gasteiger charge is 2.22. The van der Waals surface area contributed by atoms with Gasteiger partial charge in [0, 0.05) is 28.3 Å². The monoisotopic (exact) mass is 334 g/mol. The SMILES string of the molecule is COc1ccc([N+](=O)[O-])c(C(=O)N[C@@H](C)Cc2ccc(C)s2)c1. The number of carbonyl (C=O) groups excluding carboxylic acids is 1. The van der Waals surface area contributed by atoms with Gasteiger partial charge in [0.25, 0.3) is 11.6 Å². The number of nitro benzene ring substituents is 1. The molecule has 23 heavy (non-hydrogen) atoms. The number of methoxy groups -OCH3 is 1. The molecule has 1 aromatic carbocycles. The van der Waals surface area contributed by atoms with Crippen molar-refractivity contribution in [1.82, 2.24) is 5.32 Å². The quantitative estimate of drug-likeness (QED) is 0.649. The van der Waals surface area contributed by atoms with E-state index >= 15 is 0 Å². The van der Waals surface area contributed by atoms with Crippen molar-refractivity contribution in [1.29, 1.82) is 0 Å². The minimum atomic E-state index is -0.568. The van der Waals surface area contributed by atoms with Gasteiger partial charge in [0.2, 0.25) is 0 Å². The van der Waals surface area contributed by atoms with E-state index in [2.05, 4.69) is 5.32 Å². The smallest absolute Gasteiger partial charge is 0.282 e. The second kappa shape index (κ2) is 7.23. The highest BCUT2D eigenvalue weighted by atomic mass is 32.1. The van der Waals surface area contributed by atoms with E-state index in [1.165, 1.54) is 30.2 Å². The molecule has 2 rings (SSSR count). The maximum absolute atomic E-state index is 12.4. The number of nitrogens with one attached hydrogen (secondary N) is 1. The third kappa shape index (κ3) is 4.29. The molecule has 0 unspecified atom stereocenters. The zero-order valence-electron chi connectivity index (χ0n) is 13.2. The molecule has 1 atom stereocenters. The molecule has 0 spiro atoms. The summed E-state index contributed by atoms with van der Waals surface area (Å²) < 4.78 is 5.04. The number of ether oxygens (including phenoxy) is 1. The van der Waals surface area contributed by atoms with E-state index < -0.39 is 10.8 Å².